The Bertz CT molecular complexity index is 1550. The average molecular weight is 496 g/mol. The Hall–Kier alpha value is -4.72. The first-order chi connectivity index (χ1) is 18.0. The maximum atomic E-state index is 13.6. The highest BCUT2D eigenvalue weighted by Crippen LogP contribution is 2.31. The summed E-state index contributed by atoms with van der Waals surface area (Å²) in [5.41, 5.74) is 10.6. The molecule has 0 aliphatic rings. The number of benzene rings is 3. The van der Waals surface area contributed by atoms with Gasteiger partial charge in [-0.15, -0.1) is 0 Å². The summed E-state index contributed by atoms with van der Waals surface area (Å²) in [7, 11) is 0. The first-order valence-electron chi connectivity index (χ1n) is 11.8. The van der Waals surface area contributed by atoms with Gasteiger partial charge in [0, 0.05) is 29.4 Å². The molecule has 0 unspecified atom stereocenters. The molecule has 1 amide bonds. The minimum atomic E-state index is -0.368. The number of carbonyl (C=O) groups excluding carboxylic acids is 1. The number of nitrogens with two attached hydrogens (primary N) is 1. The van der Waals surface area contributed by atoms with Crippen LogP contribution in [0.3, 0.4) is 0 Å². The highest BCUT2D eigenvalue weighted by atomic mass is 19.1. The molecular weight excluding hydrogens is 472 g/mol. The molecule has 0 saturated heterocycles. The second-order valence-corrected chi connectivity index (χ2v) is 8.59. The van der Waals surface area contributed by atoms with Crippen molar-refractivity contribution < 1.29 is 13.6 Å². The van der Waals surface area contributed by atoms with Crippen LogP contribution < -0.4 is 11.1 Å². The van der Waals surface area contributed by atoms with Gasteiger partial charge in [-0.25, -0.2) is 23.7 Å². The van der Waals surface area contributed by atoms with Crippen LogP contribution in [0.1, 0.15) is 22.3 Å². The normalized spacial score (nSPS) is 11.0. The van der Waals surface area contributed by atoms with Crippen molar-refractivity contribution in [3.8, 4) is 22.5 Å². The van der Waals surface area contributed by atoms with Gasteiger partial charge in [-0.1, -0.05) is 6.07 Å². The summed E-state index contributed by atoms with van der Waals surface area (Å²) in [5.74, 6) is -0.469. The van der Waals surface area contributed by atoms with Crippen LogP contribution >= 0.6 is 0 Å². The number of amides is 1. The smallest absolute Gasteiger partial charge is 0.251 e. The first-order valence-corrected chi connectivity index (χ1v) is 11.8. The fraction of sp³-hybridized carbons (Fsp3) is 0.103. The van der Waals surface area contributed by atoms with Crippen molar-refractivity contribution in [3.63, 3.8) is 0 Å². The van der Waals surface area contributed by atoms with Gasteiger partial charge >= 0.3 is 0 Å². The maximum Gasteiger partial charge on any atom is 0.251 e. The quantitative estimate of drug-likeness (QED) is 0.288. The number of hydrogen-bond donors (Lipinski definition) is 2. The van der Waals surface area contributed by atoms with Crippen molar-refractivity contribution in [1.82, 2.24) is 20.3 Å². The van der Waals surface area contributed by atoms with Gasteiger partial charge in [0.15, 0.2) is 0 Å². The van der Waals surface area contributed by atoms with Crippen molar-refractivity contribution in [2.75, 3.05) is 12.3 Å². The third-order valence-corrected chi connectivity index (χ3v) is 5.94. The van der Waals surface area contributed by atoms with Crippen molar-refractivity contribution in [3.05, 3.63) is 108 Å². The molecule has 0 radical (unpaired) electrons. The van der Waals surface area contributed by atoms with Crippen LogP contribution in [0.5, 0.6) is 0 Å². The Balaban J connectivity index is 1.40. The minimum absolute atomic E-state index is 0.218. The molecule has 0 spiro atoms. The molecule has 2 aromatic heterocycles. The number of rotatable bonds is 7. The maximum absolute atomic E-state index is 13.6. The Morgan fingerprint density at radius 2 is 1.41 bits per heavy atom. The molecule has 37 heavy (non-hydrogen) atoms. The van der Waals surface area contributed by atoms with E-state index in [4.69, 9.17) is 15.7 Å². The molecule has 3 aromatic carbocycles. The SMILES string of the molecule is Nc1ccc(CCCNC(=O)c2ccc3nc(-c4ccc(F)cc4)c(-c4ccc(F)cc4)nc3c2)cn1. The van der Waals surface area contributed by atoms with Crippen molar-refractivity contribution in [2.24, 2.45) is 0 Å². The predicted octanol–water partition coefficient (Wildman–Crippen LogP) is 5.58. The molecule has 2 heterocycles. The van der Waals surface area contributed by atoms with E-state index in [1.165, 1.54) is 24.3 Å². The van der Waals surface area contributed by atoms with Gasteiger partial charge in [-0.2, -0.15) is 0 Å². The van der Waals surface area contributed by atoms with Crippen molar-refractivity contribution in [2.45, 2.75) is 12.8 Å². The zero-order valence-electron chi connectivity index (χ0n) is 19.8. The third kappa shape index (κ3) is 5.59. The monoisotopic (exact) mass is 495 g/mol. The summed E-state index contributed by atoms with van der Waals surface area (Å²) < 4.78 is 27.1. The number of carbonyl (C=O) groups is 1. The second-order valence-electron chi connectivity index (χ2n) is 8.59. The van der Waals surface area contributed by atoms with Crippen LogP contribution in [0.2, 0.25) is 0 Å². The van der Waals surface area contributed by atoms with Crippen LogP contribution in [-0.4, -0.2) is 27.4 Å². The van der Waals surface area contributed by atoms with Crippen LogP contribution in [0, 0.1) is 11.6 Å². The van der Waals surface area contributed by atoms with E-state index in [0.29, 0.717) is 51.5 Å². The van der Waals surface area contributed by atoms with Gasteiger partial charge in [0.1, 0.15) is 17.5 Å². The molecule has 0 bridgehead atoms. The van der Waals surface area contributed by atoms with E-state index in [1.54, 1.807) is 54.7 Å². The molecule has 6 nitrogen and oxygen atoms in total. The molecule has 3 N–H and O–H groups in total. The van der Waals surface area contributed by atoms with Gasteiger partial charge in [0.2, 0.25) is 0 Å². The largest absolute Gasteiger partial charge is 0.384 e. The fourth-order valence-electron chi connectivity index (χ4n) is 3.99. The molecule has 0 atom stereocenters. The number of halogens is 2. The van der Waals surface area contributed by atoms with Gasteiger partial charge < -0.3 is 11.1 Å². The number of aryl methyl sites for hydroxylation is 1. The van der Waals surface area contributed by atoms with Crippen molar-refractivity contribution >= 4 is 22.8 Å². The summed E-state index contributed by atoms with van der Waals surface area (Å²) >= 11 is 0. The molecule has 8 heteroatoms. The van der Waals surface area contributed by atoms with Crippen LogP contribution in [0.25, 0.3) is 33.5 Å². The van der Waals surface area contributed by atoms with E-state index < -0.39 is 0 Å². The van der Waals surface area contributed by atoms with E-state index >= 15 is 0 Å². The summed E-state index contributed by atoms with van der Waals surface area (Å²) in [6.07, 6.45) is 3.25. The van der Waals surface area contributed by atoms with E-state index in [0.717, 1.165) is 18.4 Å². The summed E-state index contributed by atoms with van der Waals surface area (Å²) in [5, 5.41) is 2.93. The number of nitrogens with zero attached hydrogens (tertiary/aromatic N) is 3. The van der Waals surface area contributed by atoms with Crippen LogP contribution in [0.4, 0.5) is 14.6 Å². The number of nitrogen functional groups attached to an aromatic ring is 1. The second kappa shape index (κ2) is 10.5. The third-order valence-electron chi connectivity index (χ3n) is 5.94. The Labute approximate surface area is 212 Å². The van der Waals surface area contributed by atoms with E-state index in [-0.39, 0.29) is 17.5 Å². The molecule has 0 aliphatic carbocycles. The summed E-state index contributed by atoms with van der Waals surface area (Å²) in [6, 6.07) is 20.7. The van der Waals surface area contributed by atoms with Gasteiger partial charge in [0.05, 0.1) is 22.4 Å². The Morgan fingerprint density at radius 1 is 0.784 bits per heavy atom. The average Bonchev–Trinajstić information content (AvgIpc) is 2.92. The number of fused-ring (bicyclic) bond motifs is 1. The number of pyridine rings is 1. The van der Waals surface area contributed by atoms with E-state index in [2.05, 4.69) is 10.3 Å². The predicted molar refractivity (Wildman–Crippen MR) is 140 cm³/mol. The molecular formula is C29H23F2N5O. The lowest BCUT2D eigenvalue weighted by Crippen LogP contribution is -2.24. The molecule has 0 saturated carbocycles. The van der Waals surface area contributed by atoms with Gasteiger partial charge in [-0.05, 0) is 91.2 Å². The van der Waals surface area contributed by atoms with Gasteiger partial charge in [0.25, 0.3) is 5.91 Å². The zero-order chi connectivity index (χ0) is 25.8. The lowest BCUT2D eigenvalue weighted by Gasteiger charge is -2.12. The standard InChI is InChI=1S/C29H23F2N5O/c30-22-9-4-19(5-10-22)27-28(20-6-11-23(31)12-7-20)36-25-16-21(8-13-24(25)35-27)29(37)33-15-1-2-18-3-14-26(32)34-17-18/h3-14,16-17H,1-2,15H2,(H2,32,34)(H,33,37). The number of hydrogen-bond acceptors (Lipinski definition) is 5. The topological polar surface area (TPSA) is 93.8 Å². The lowest BCUT2D eigenvalue weighted by atomic mass is 10.0. The zero-order valence-corrected chi connectivity index (χ0v) is 19.8. The lowest BCUT2D eigenvalue weighted by molar-refractivity contribution is 0.0953. The first kappa shape index (κ1) is 24.0. The van der Waals surface area contributed by atoms with E-state index in [1.807, 2.05) is 6.07 Å². The van der Waals surface area contributed by atoms with Gasteiger partial charge in [-0.3, -0.25) is 4.79 Å². The van der Waals surface area contributed by atoms with Crippen LogP contribution in [0.15, 0.2) is 85.1 Å². The minimum Gasteiger partial charge on any atom is -0.384 e. The molecule has 0 fully saturated rings. The Morgan fingerprint density at radius 3 is 2.00 bits per heavy atom. The number of anilines is 1. The Kier molecular flexibility index (Phi) is 6.81. The molecule has 0 aliphatic heterocycles. The molecule has 5 rings (SSSR count). The summed E-state index contributed by atoms with van der Waals surface area (Å²) in [6.45, 7) is 0.497. The molecule has 184 valence electrons. The number of aromatic nitrogens is 3. The highest BCUT2D eigenvalue weighted by Gasteiger charge is 2.15. The summed E-state index contributed by atoms with van der Waals surface area (Å²) in [4.78, 5) is 26.4. The molecule has 5 aromatic rings. The van der Waals surface area contributed by atoms with Crippen LogP contribution in [-0.2, 0) is 6.42 Å². The number of nitrogens with one attached hydrogen (secondary N) is 1. The highest BCUT2D eigenvalue weighted by molar-refractivity contribution is 5.98. The fourth-order valence-corrected chi connectivity index (χ4v) is 3.99. The van der Waals surface area contributed by atoms with Crippen molar-refractivity contribution in [1.29, 1.82) is 0 Å². The van der Waals surface area contributed by atoms with E-state index in [9.17, 15) is 13.6 Å².